The number of carboxylic acids is 1. The predicted octanol–water partition coefficient (Wildman–Crippen LogP) is -1.33. The Morgan fingerprint density at radius 3 is 2.23 bits per heavy atom. The third-order valence-electron chi connectivity index (χ3n) is 6.17. The summed E-state index contributed by atoms with van der Waals surface area (Å²) < 4.78 is 0. The second kappa shape index (κ2) is 15.4. The molecule has 0 radical (unpaired) electrons. The van der Waals surface area contributed by atoms with E-state index in [2.05, 4.69) is 25.9 Å². The molecule has 2 aromatic rings. The van der Waals surface area contributed by atoms with Crippen molar-refractivity contribution in [1.82, 2.24) is 20.9 Å². The molecule has 2 rings (SSSR count). The van der Waals surface area contributed by atoms with Crippen LogP contribution in [0, 0.1) is 5.92 Å². The monoisotopic (exact) mass is 560 g/mol. The molecule has 0 saturated carbocycles. The molecule has 0 bridgehead atoms. The molecule has 220 valence electrons. The first kappa shape index (κ1) is 32.0. The van der Waals surface area contributed by atoms with Crippen LogP contribution in [0.15, 0.2) is 35.5 Å². The van der Waals surface area contributed by atoms with Gasteiger partial charge >= 0.3 is 5.97 Å². The summed E-state index contributed by atoms with van der Waals surface area (Å²) in [5.41, 5.74) is 18.0. The Morgan fingerprint density at radius 2 is 1.60 bits per heavy atom. The summed E-state index contributed by atoms with van der Waals surface area (Å²) >= 11 is 0. The maximum atomic E-state index is 13.3. The fraction of sp³-hybridized carbons (Fsp3) is 0.500. The lowest BCUT2D eigenvalue weighted by molar-refractivity contribution is -0.142. The highest BCUT2D eigenvalue weighted by atomic mass is 16.4. The number of nitrogens with two attached hydrogens (primary N) is 3. The number of H-pyrrole nitrogens is 1. The second-order valence-corrected chi connectivity index (χ2v) is 9.95. The number of fused-ring (bicyclic) bond motifs is 1. The molecule has 1 aromatic carbocycles. The molecule has 4 unspecified atom stereocenters. The topological polar surface area (TPSA) is 251 Å². The molecule has 0 spiro atoms. The highest BCUT2D eigenvalue weighted by Crippen LogP contribution is 2.19. The quantitative estimate of drug-likeness (QED) is 0.0669. The van der Waals surface area contributed by atoms with Crippen molar-refractivity contribution in [3.63, 3.8) is 0 Å². The number of hydrogen-bond donors (Lipinski definition) is 9. The molecule has 14 nitrogen and oxygen atoms in total. The molecule has 4 atom stereocenters. The molecule has 1 heterocycles. The molecule has 0 aliphatic carbocycles. The summed E-state index contributed by atoms with van der Waals surface area (Å²) in [5.74, 6) is -3.47. The molecule has 1 aromatic heterocycles. The van der Waals surface area contributed by atoms with Crippen LogP contribution in [0.5, 0.6) is 0 Å². The van der Waals surface area contributed by atoms with E-state index in [1.165, 1.54) is 0 Å². The Balaban J connectivity index is 2.23. The number of benzene rings is 1. The van der Waals surface area contributed by atoms with Gasteiger partial charge in [0.2, 0.25) is 17.7 Å². The summed E-state index contributed by atoms with van der Waals surface area (Å²) in [6, 6.07) is 2.58. The SMILES string of the molecule is CC(C)CC(N)C(=O)NC(CO)C(=O)NC(Cc1c[nH]c2ccccc12)C(=O)NC(CCCN=C(N)N)C(=O)O. The van der Waals surface area contributed by atoms with Gasteiger partial charge in [0.15, 0.2) is 5.96 Å². The normalized spacial score (nSPS) is 14.1. The van der Waals surface area contributed by atoms with Crippen LogP contribution in [0.3, 0.4) is 0 Å². The fourth-order valence-corrected chi connectivity index (χ4v) is 4.12. The van der Waals surface area contributed by atoms with E-state index < -0.39 is 54.5 Å². The Kier molecular flexibility index (Phi) is 12.4. The van der Waals surface area contributed by atoms with Crippen molar-refractivity contribution in [1.29, 1.82) is 0 Å². The number of aliphatic carboxylic acids is 1. The summed E-state index contributed by atoms with van der Waals surface area (Å²) in [5, 5.41) is 27.7. The van der Waals surface area contributed by atoms with Gasteiger partial charge in [-0.05, 0) is 36.8 Å². The van der Waals surface area contributed by atoms with E-state index >= 15 is 0 Å². The number of carboxylic acid groups (broad SMARTS) is 1. The van der Waals surface area contributed by atoms with Crippen LogP contribution in [-0.4, -0.2) is 82.2 Å². The molecule has 0 aliphatic rings. The number of hydrogen-bond acceptors (Lipinski definition) is 7. The summed E-state index contributed by atoms with van der Waals surface area (Å²) in [4.78, 5) is 57.6. The number of nitrogens with zero attached hydrogens (tertiary/aromatic N) is 1. The minimum absolute atomic E-state index is 0.000877. The summed E-state index contributed by atoms with van der Waals surface area (Å²) in [6.07, 6.45) is 2.38. The van der Waals surface area contributed by atoms with Gasteiger partial charge in [0.25, 0.3) is 0 Å². The molecule has 3 amide bonds. The average molecular weight is 561 g/mol. The largest absolute Gasteiger partial charge is 0.480 e. The molecule has 0 fully saturated rings. The van der Waals surface area contributed by atoms with E-state index in [4.69, 9.17) is 17.2 Å². The lowest BCUT2D eigenvalue weighted by atomic mass is 10.0. The maximum Gasteiger partial charge on any atom is 0.326 e. The zero-order valence-corrected chi connectivity index (χ0v) is 22.7. The van der Waals surface area contributed by atoms with Gasteiger partial charge < -0.3 is 48.3 Å². The van der Waals surface area contributed by atoms with Crippen LogP contribution < -0.4 is 33.2 Å². The van der Waals surface area contributed by atoms with Gasteiger partial charge in [0, 0.05) is 30.1 Å². The Hall–Kier alpha value is -4.17. The third kappa shape index (κ3) is 9.85. The number of carbonyl (C=O) groups is 4. The van der Waals surface area contributed by atoms with Crippen LogP contribution in [0.4, 0.5) is 0 Å². The number of nitrogens with one attached hydrogen (secondary N) is 4. The van der Waals surface area contributed by atoms with E-state index in [0.717, 1.165) is 10.9 Å². The highest BCUT2D eigenvalue weighted by Gasteiger charge is 2.30. The van der Waals surface area contributed by atoms with Crippen LogP contribution in [0.2, 0.25) is 0 Å². The van der Waals surface area contributed by atoms with E-state index in [1.807, 2.05) is 38.1 Å². The molecule has 0 saturated heterocycles. The van der Waals surface area contributed by atoms with Crippen LogP contribution in [0.1, 0.15) is 38.7 Å². The standard InChI is InChI=1S/C26H40N8O6/c1-14(2)10-17(27)22(36)34-21(13-35)24(38)33-20(11-15-12-31-18-7-4-3-6-16(15)18)23(37)32-19(25(39)40)8-5-9-30-26(28)29/h3-4,6-7,12,14,17,19-21,31,35H,5,8-11,13,27H2,1-2H3,(H,32,37)(H,33,38)(H,34,36)(H,39,40)(H4,28,29,30). The number of para-hydroxylation sites is 1. The zero-order valence-electron chi connectivity index (χ0n) is 22.7. The number of aliphatic hydroxyl groups excluding tert-OH is 1. The van der Waals surface area contributed by atoms with Gasteiger partial charge in [-0.2, -0.15) is 0 Å². The minimum Gasteiger partial charge on any atom is -0.480 e. The number of aromatic nitrogens is 1. The average Bonchev–Trinajstić information content (AvgIpc) is 3.30. The fourth-order valence-electron chi connectivity index (χ4n) is 4.12. The Bertz CT molecular complexity index is 1190. The third-order valence-corrected chi connectivity index (χ3v) is 6.17. The lowest BCUT2D eigenvalue weighted by Gasteiger charge is -2.24. The molecule has 40 heavy (non-hydrogen) atoms. The second-order valence-electron chi connectivity index (χ2n) is 9.95. The van der Waals surface area contributed by atoms with Crippen molar-refractivity contribution in [3.05, 3.63) is 36.0 Å². The highest BCUT2D eigenvalue weighted by molar-refractivity contribution is 5.95. The predicted molar refractivity (Wildman–Crippen MR) is 150 cm³/mol. The van der Waals surface area contributed by atoms with Crippen molar-refractivity contribution >= 4 is 40.6 Å². The lowest BCUT2D eigenvalue weighted by Crippen LogP contribution is -2.58. The number of amides is 3. The van der Waals surface area contributed by atoms with Crippen LogP contribution >= 0.6 is 0 Å². The van der Waals surface area contributed by atoms with Gasteiger partial charge in [-0.1, -0.05) is 32.0 Å². The van der Waals surface area contributed by atoms with Crippen molar-refractivity contribution < 1.29 is 29.4 Å². The van der Waals surface area contributed by atoms with Gasteiger partial charge in [0.1, 0.15) is 18.1 Å². The number of aromatic amines is 1. The Labute approximate surface area is 232 Å². The van der Waals surface area contributed by atoms with Crippen molar-refractivity contribution in [2.45, 2.75) is 63.7 Å². The molecule has 12 N–H and O–H groups in total. The number of rotatable bonds is 16. The first-order valence-electron chi connectivity index (χ1n) is 13.0. The first-order chi connectivity index (χ1) is 18.9. The van der Waals surface area contributed by atoms with E-state index in [9.17, 15) is 29.4 Å². The number of carbonyl (C=O) groups excluding carboxylic acids is 3. The Morgan fingerprint density at radius 1 is 0.975 bits per heavy atom. The maximum absolute atomic E-state index is 13.3. The molecule has 14 heteroatoms. The van der Waals surface area contributed by atoms with Crippen LogP contribution in [-0.2, 0) is 25.6 Å². The van der Waals surface area contributed by atoms with Crippen molar-refractivity contribution in [2.24, 2.45) is 28.1 Å². The molecular weight excluding hydrogens is 520 g/mol. The van der Waals surface area contributed by atoms with Crippen molar-refractivity contribution in [2.75, 3.05) is 13.2 Å². The number of guanidine groups is 1. The number of aliphatic hydroxyl groups is 1. The zero-order chi connectivity index (χ0) is 29.8. The van der Waals surface area contributed by atoms with Gasteiger partial charge in [-0.3, -0.25) is 19.4 Å². The van der Waals surface area contributed by atoms with E-state index in [-0.39, 0.29) is 37.7 Å². The summed E-state index contributed by atoms with van der Waals surface area (Å²) in [7, 11) is 0. The summed E-state index contributed by atoms with van der Waals surface area (Å²) in [6.45, 7) is 3.22. The minimum atomic E-state index is -1.38. The van der Waals surface area contributed by atoms with Gasteiger partial charge in [-0.15, -0.1) is 0 Å². The molecular formula is C26H40N8O6. The van der Waals surface area contributed by atoms with E-state index in [0.29, 0.717) is 12.0 Å². The first-order valence-corrected chi connectivity index (χ1v) is 13.0. The number of aliphatic imine (C=N–C) groups is 1. The smallest absolute Gasteiger partial charge is 0.326 e. The van der Waals surface area contributed by atoms with Gasteiger partial charge in [-0.25, -0.2) is 4.79 Å². The van der Waals surface area contributed by atoms with Gasteiger partial charge in [0.05, 0.1) is 12.6 Å². The van der Waals surface area contributed by atoms with Crippen molar-refractivity contribution in [3.8, 4) is 0 Å². The van der Waals surface area contributed by atoms with E-state index in [1.54, 1.807) is 6.20 Å². The molecule has 0 aliphatic heterocycles. The van der Waals surface area contributed by atoms with Crippen LogP contribution in [0.25, 0.3) is 10.9 Å².